The number of rotatable bonds is 5. The van der Waals surface area contributed by atoms with Crippen LogP contribution in [0.5, 0.6) is 0 Å². The quantitative estimate of drug-likeness (QED) is 0.630. The van der Waals surface area contributed by atoms with Gasteiger partial charge in [-0.15, -0.1) is 0 Å². The summed E-state index contributed by atoms with van der Waals surface area (Å²) in [6.07, 6.45) is -1.50. The molecule has 0 spiro atoms. The molecule has 0 fully saturated rings. The van der Waals surface area contributed by atoms with Crippen LogP contribution in [0.25, 0.3) is 0 Å². The van der Waals surface area contributed by atoms with Gasteiger partial charge in [-0.3, -0.25) is 0 Å². The Morgan fingerprint density at radius 3 is 2.19 bits per heavy atom. The second-order valence-corrected chi connectivity index (χ2v) is 4.00. The molecule has 0 aliphatic carbocycles. The summed E-state index contributed by atoms with van der Waals surface area (Å²) in [5.74, 6) is -1.31. The van der Waals surface area contributed by atoms with Gasteiger partial charge >= 0.3 is 6.18 Å². The van der Waals surface area contributed by atoms with E-state index in [0.717, 1.165) is 12.8 Å². The molecule has 0 saturated carbocycles. The maximum atomic E-state index is 12.8. The van der Waals surface area contributed by atoms with Crippen molar-refractivity contribution in [1.29, 1.82) is 0 Å². The molecule has 0 radical (unpaired) electrons. The van der Waals surface area contributed by atoms with Crippen molar-refractivity contribution in [3.05, 3.63) is 35.9 Å². The SMILES string of the molecule is CCCCCC(c1ccccc1)C(F)(F)F. The van der Waals surface area contributed by atoms with E-state index >= 15 is 0 Å². The van der Waals surface area contributed by atoms with Crippen molar-refractivity contribution in [1.82, 2.24) is 0 Å². The fraction of sp³-hybridized carbons (Fsp3) is 0.538. The Morgan fingerprint density at radius 2 is 1.69 bits per heavy atom. The summed E-state index contributed by atoms with van der Waals surface area (Å²) in [4.78, 5) is 0. The first-order valence-corrected chi connectivity index (χ1v) is 5.67. The predicted octanol–water partition coefficient (Wildman–Crippen LogP) is 4.91. The van der Waals surface area contributed by atoms with Crippen LogP contribution in [-0.2, 0) is 0 Å². The Bertz CT molecular complexity index is 290. The number of alkyl halides is 3. The van der Waals surface area contributed by atoms with Crippen LogP contribution in [0.4, 0.5) is 13.2 Å². The minimum Gasteiger partial charge on any atom is -0.170 e. The molecule has 0 aliphatic rings. The van der Waals surface area contributed by atoms with Crippen LogP contribution in [-0.4, -0.2) is 6.18 Å². The summed E-state index contributed by atoms with van der Waals surface area (Å²) < 4.78 is 38.5. The first-order chi connectivity index (χ1) is 7.55. The highest BCUT2D eigenvalue weighted by Crippen LogP contribution is 2.38. The van der Waals surface area contributed by atoms with Gasteiger partial charge in [-0.25, -0.2) is 0 Å². The molecule has 0 saturated heterocycles. The van der Waals surface area contributed by atoms with E-state index in [0.29, 0.717) is 12.0 Å². The van der Waals surface area contributed by atoms with Gasteiger partial charge in [-0.1, -0.05) is 56.5 Å². The Labute approximate surface area is 94.5 Å². The third-order valence-corrected chi connectivity index (χ3v) is 2.69. The van der Waals surface area contributed by atoms with Crippen LogP contribution in [0.3, 0.4) is 0 Å². The fourth-order valence-electron chi connectivity index (χ4n) is 1.80. The molecule has 16 heavy (non-hydrogen) atoms. The van der Waals surface area contributed by atoms with Gasteiger partial charge in [0.1, 0.15) is 0 Å². The highest BCUT2D eigenvalue weighted by Gasteiger charge is 2.39. The summed E-state index contributed by atoms with van der Waals surface area (Å²) in [7, 11) is 0. The van der Waals surface area contributed by atoms with Crippen molar-refractivity contribution in [2.45, 2.75) is 44.7 Å². The van der Waals surface area contributed by atoms with E-state index in [-0.39, 0.29) is 6.42 Å². The highest BCUT2D eigenvalue weighted by atomic mass is 19.4. The minimum atomic E-state index is -4.13. The molecule has 1 atom stereocenters. The maximum absolute atomic E-state index is 12.8. The standard InChI is InChI=1S/C13H17F3/c1-2-3-5-10-12(13(14,15)16)11-8-6-4-7-9-11/h4,6-9,12H,2-3,5,10H2,1H3. The van der Waals surface area contributed by atoms with Crippen molar-refractivity contribution >= 4 is 0 Å². The van der Waals surface area contributed by atoms with Crippen LogP contribution < -0.4 is 0 Å². The molecule has 1 unspecified atom stereocenters. The largest absolute Gasteiger partial charge is 0.395 e. The lowest BCUT2D eigenvalue weighted by Crippen LogP contribution is -2.20. The summed E-state index contributed by atoms with van der Waals surface area (Å²) in [6, 6.07) is 8.18. The molecule has 0 bridgehead atoms. The van der Waals surface area contributed by atoms with E-state index in [1.54, 1.807) is 30.3 Å². The predicted molar refractivity (Wildman–Crippen MR) is 59.4 cm³/mol. The van der Waals surface area contributed by atoms with Crippen molar-refractivity contribution in [3.63, 3.8) is 0 Å². The number of unbranched alkanes of at least 4 members (excludes halogenated alkanes) is 2. The molecule has 1 aromatic carbocycles. The van der Waals surface area contributed by atoms with Crippen molar-refractivity contribution < 1.29 is 13.2 Å². The second-order valence-electron chi connectivity index (χ2n) is 4.00. The Kier molecular flexibility index (Phi) is 4.84. The fourth-order valence-corrected chi connectivity index (χ4v) is 1.80. The number of hydrogen-bond donors (Lipinski definition) is 0. The molecule has 0 heterocycles. The first-order valence-electron chi connectivity index (χ1n) is 5.67. The van der Waals surface area contributed by atoms with Crippen LogP contribution in [0.15, 0.2) is 30.3 Å². The van der Waals surface area contributed by atoms with Crippen LogP contribution in [0, 0.1) is 0 Å². The van der Waals surface area contributed by atoms with Gasteiger partial charge in [0.25, 0.3) is 0 Å². The number of hydrogen-bond acceptors (Lipinski definition) is 0. The molecule has 0 aliphatic heterocycles. The zero-order valence-corrected chi connectivity index (χ0v) is 9.43. The highest BCUT2D eigenvalue weighted by molar-refractivity contribution is 5.20. The van der Waals surface area contributed by atoms with E-state index in [1.807, 2.05) is 6.92 Å². The molecule has 0 amide bonds. The van der Waals surface area contributed by atoms with Gasteiger partial charge in [-0.2, -0.15) is 13.2 Å². The lowest BCUT2D eigenvalue weighted by Gasteiger charge is -2.20. The zero-order chi connectivity index (χ0) is 12.0. The molecular formula is C13H17F3. The lowest BCUT2D eigenvalue weighted by molar-refractivity contribution is -0.152. The van der Waals surface area contributed by atoms with E-state index < -0.39 is 12.1 Å². The molecule has 90 valence electrons. The topological polar surface area (TPSA) is 0 Å². The molecule has 0 aromatic heterocycles. The van der Waals surface area contributed by atoms with Gasteiger partial charge in [0.05, 0.1) is 5.92 Å². The van der Waals surface area contributed by atoms with Crippen LogP contribution >= 0.6 is 0 Å². The van der Waals surface area contributed by atoms with Gasteiger partial charge in [0.15, 0.2) is 0 Å². The van der Waals surface area contributed by atoms with E-state index in [9.17, 15) is 13.2 Å². The van der Waals surface area contributed by atoms with Gasteiger partial charge < -0.3 is 0 Å². The average Bonchev–Trinajstić information content (AvgIpc) is 2.24. The average molecular weight is 230 g/mol. The van der Waals surface area contributed by atoms with Crippen molar-refractivity contribution in [2.24, 2.45) is 0 Å². The summed E-state index contributed by atoms with van der Waals surface area (Å²) >= 11 is 0. The van der Waals surface area contributed by atoms with E-state index in [4.69, 9.17) is 0 Å². The molecule has 1 rings (SSSR count). The molecule has 0 nitrogen and oxygen atoms in total. The molecular weight excluding hydrogens is 213 g/mol. The number of halogens is 3. The summed E-state index contributed by atoms with van der Waals surface area (Å²) in [6.45, 7) is 1.99. The monoisotopic (exact) mass is 230 g/mol. The van der Waals surface area contributed by atoms with Gasteiger partial charge in [0.2, 0.25) is 0 Å². The summed E-state index contributed by atoms with van der Waals surface area (Å²) in [5, 5.41) is 0. The second kappa shape index (κ2) is 5.92. The maximum Gasteiger partial charge on any atom is 0.395 e. The molecule has 1 aromatic rings. The molecule has 0 N–H and O–H groups in total. The van der Waals surface area contributed by atoms with Gasteiger partial charge in [-0.05, 0) is 12.0 Å². The smallest absolute Gasteiger partial charge is 0.170 e. The zero-order valence-electron chi connectivity index (χ0n) is 9.43. The Hall–Kier alpha value is -0.990. The van der Waals surface area contributed by atoms with E-state index in [2.05, 4.69) is 0 Å². The minimum absolute atomic E-state index is 0.196. The van der Waals surface area contributed by atoms with Crippen molar-refractivity contribution in [3.8, 4) is 0 Å². The van der Waals surface area contributed by atoms with Crippen LogP contribution in [0.1, 0.15) is 44.1 Å². The molecule has 3 heteroatoms. The third-order valence-electron chi connectivity index (χ3n) is 2.69. The lowest BCUT2D eigenvalue weighted by atomic mass is 9.93. The van der Waals surface area contributed by atoms with E-state index in [1.165, 1.54) is 0 Å². The Balaban J connectivity index is 2.73. The van der Waals surface area contributed by atoms with Crippen molar-refractivity contribution in [2.75, 3.05) is 0 Å². The Morgan fingerprint density at radius 1 is 1.06 bits per heavy atom. The summed E-state index contributed by atoms with van der Waals surface area (Å²) in [5.41, 5.74) is 0.381. The first kappa shape index (κ1) is 13.1. The third kappa shape index (κ3) is 3.87. The number of benzene rings is 1. The van der Waals surface area contributed by atoms with Gasteiger partial charge in [0, 0.05) is 0 Å². The van der Waals surface area contributed by atoms with Crippen LogP contribution in [0.2, 0.25) is 0 Å². The normalized spacial score (nSPS) is 13.8.